The van der Waals surface area contributed by atoms with Gasteiger partial charge in [-0.2, -0.15) is 0 Å². The number of rotatable bonds is 8. The maximum absolute atomic E-state index is 13.3. The van der Waals surface area contributed by atoms with Gasteiger partial charge in [0, 0.05) is 6.42 Å². The number of halogens is 1. The predicted molar refractivity (Wildman–Crippen MR) is 72.8 cm³/mol. The summed E-state index contributed by atoms with van der Waals surface area (Å²) >= 11 is 0. The Hall–Kier alpha value is -1.46. The second kappa shape index (κ2) is 8.66. The van der Waals surface area contributed by atoms with E-state index in [4.69, 9.17) is 14.6 Å². The van der Waals surface area contributed by atoms with Crippen LogP contribution in [-0.2, 0) is 14.3 Å². The number of aliphatic hydroxyl groups excluding tert-OH is 1. The first-order valence-corrected chi connectivity index (χ1v) is 6.72. The van der Waals surface area contributed by atoms with Crippen molar-refractivity contribution in [3.8, 4) is 0 Å². The first-order chi connectivity index (χ1) is 9.58. The van der Waals surface area contributed by atoms with E-state index in [1.165, 1.54) is 12.1 Å². The molecule has 0 unspecified atom stereocenters. The highest BCUT2D eigenvalue weighted by molar-refractivity contribution is 5.69. The van der Waals surface area contributed by atoms with Crippen molar-refractivity contribution in [3.63, 3.8) is 0 Å². The SMILES string of the molecule is CCCC(=O)OC[C@H](OCCO)c1cc(F)ccc1C. The summed E-state index contributed by atoms with van der Waals surface area (Å²) in [6, 6.07) is 4.38. The smallest absolute Gasteiger partial charge is 0.305 e. The third kappa shape index (κ3) is 5.27. The van der Waals surface area contributed by atoms with Crippen LogP contribution in [0.15, 0.2) is 18.2 Å². The summed E-state index contributed by atoms with van der Waals surface area (Å²) in [5, 5.41) is 8.84. The third-order valence-electron chi connectivity index (χ3n) is 2.85. The maximum atomic E-state index is 13.3. The van der Waals surface area contributed by atoms with E-state index in [9.17, 15) is 9.18 Å². The fraction of sp³-hybridized carbons (Fsp3) is 0.533. The zero-order chi connectivity index (χ0) is 15.0. The van der Waals surface area contributed by atoms with Gasteiger partial charge in [0.25, 0.3) is 0 Å². The number of benzene rings is 1. The number of hydrogen-bond donors (Lipinski definition) is 1. The highest BCUT2D eigenvalue weighted by atomic mass is 19.1. The van der Waals surface area contributed by atoms with Crippen LogP contribution in [0.3, 0.4) is 0 Å². The largest absolute Gasteiger partial charge is 0.463 e. The summed E-state index contributed by atoms with van der Waals surface area (Å²) in [5.74, 6) is -0.678. The van der Waals surface area contributed by atoms with E-state index in [-0.39, 0.29) is 31.6 Å². The molecule has 4 nitrogen and oxygen atoms in total. The van der Waals surface area contributed by atoms with E-state index in [2.05, 4.69) is 0 Å². The average Bonchev–Trinajstić information content (AvgIpc) is 2.42. The lowest BCUT2D eigenvalue weighted by Crippen LogP contribution is -2.18. The van der Waals surface area contributed by atoms with Crippen LogP contribution in [0.25, 0.3) is 0 Å². The molecule has 20 heavy (non-hydrogen) atoms. The molecule has 1 N–H and O–H groups in total. The Labute approximate surface area is 118 Å². The van der Waals surface area contributed by atoms with Gasteiger partial charge in [0.2, 0.25) is 0 Å². The van der Waals surface area contributed by atoms with Gasteiger partial charge in [0.1, 0.15) is 18.5 Å². The van der Waals surface area contributed by atoms with Gasteiger partial charge in [0.15, 0.2) is 0 Å². The van der Waals surface area contributed by atoms with Crippen LogP contribution in [0.5, 0.6) is 0 Å². The molecule has 0 amide bonds. The number of hydrogen-bond acceptors (Lipinski definition) is 4. The van der Waals surface area contributed by atoms with E-state index in [1.54, 1.807) is 6.07 Å². The minimum atomic E-state index is -0.571. The molecule has 0 aliphatic carbocycles. The van der Waals surface area contributed by atoms with Gasteiger partial charge in [-0.15, -0.1) is 0 Å². The molecule has 0 bridgehead atoms. The molecule has 0 fully saturated rings. The Balaban J connectivity index is 2.77. The first kappa shape index (κ1) is 16.6. The molecule has 1 aromatic carbocycles. The molecule has 0 saturated heterocycles. The van der Waals surface area contributed by atoms with Gasteiger partial charge in [0.05, 0.1) is 13.2 Å². The van der Waals surface area contributed by atoms with Gasteiger partial charge >= 0.3 is 5.97 Å². The van der Waals surface area contributed by atoms with Gasteiger partial charge < -0.3 is 14.6 Å². The Morgan fingerprint density at radius 3 is 2.85 bits per heavy atom. The van der Waals surface area contributed by atoms with Crippen LogP contribution in [-0.4, -0.2) is 30.9 Å². The van der Waals surface area contributed by atoms with E-state index >= 15 is 0 Å². The van der Waals surface area contributed by atoms with Crippen molar-refractivity contribution in [2.75, 3.05) is 19.8 Å². The number of esters is 1. The summed E-state index contributed by atoms with van der Waals surface area (Å²) in [6.07, 6.45) is 0.480. The predicted octanol–water partition coefficient (Wildman–Crippen LogP) is 2.53. The Bertz CT molecular complexity index is 434. The first-order valence-electron chi connectivity index (χ1n) is 6.72. The molecule has 0 radical (unpaired) electrons. The maximum Gasteiger partial charge on any atom is 0.305 e. The van der Waals surface area contributed by atoms with Crippen molar-refractivity contribution in [1.82, 2.24) is 0 Å². The molecule has 0 heterocycles. The molecular weight excluding hydrogens is 263 g/mol. The molecule has 0 spiro atoms. The highest BCUT2D eigenvalue weighted by Gasteiger charge is 2.17. The molecule has 1 atom stereocenters. The molecule has 112 valence electrons. The van der Waals surface area contributed by atoms with Crippen LogP contribution in [0.4, 0.5) is 4.39 Å². The van der Waals surface area contributed by atoms with Crippen LogP contribution >= 0.6 is 0 Å². The van der Waals surface area contributed by atoms with Crippen LogP contribution < -0.4 is 0 Å². The molecule has 1 rings (SSSR count). The molecule has 1 aromatic rings. The van der Waals surface area contributed by atoms with Gasteiger partial charge in [-0.3, -0.25) is 4.79 Å². The fourth-order valence-electron chi connectivity index (χ4n) is 1.83. The van der Waals surface area contributed by atoms with Crippen molar-refractivity contribution in [1.29, 1.82) is 0 Å². The number of ether oxygens (including phenoxy) is 2. The normalized spacial score (nSPS) is 12.2. The molecule has 0 aliphatic rings. The van der Waals surface area contributed by atoms with Gasteiger partial charge in [-0.05, 0) is 36.6 Å². The molecule has 0 saturated carbocycles. The van der Waals surface area contributed by atoms with Crippen molar-refractivity contribution >= 4 is 5.97 Å². The van der Waals surface area contributed by atoms with Crippen molar-refractivity contribution < 1.29 is 23.8 Å². The topological polar surface area (TPSA) is 55.8 Å². The third-order valence-corrected chi connectivity index (χ3v) is 2.85. The van der Waals surface area contributed by atoms with E-state index in [0.717, 1.165) is 5.56 Å². The molecular formula is C15H21FO4. The van der Waals surface area contributed by atoms with Crippen LogP contribution in [0.1, 0.15) is 37.0 Å². The monoisotopic (exact) mass is 284 g/mol. The lowest BCUT2D eigenvalue weighted by atomic mass is 10.0. The van der Waals surface area contributed by atoms with Crippen molar-refractivity contribution in [2.24, 2.45) is 0 Å². The zero-order valence-electron chi connectivity index (χ0n) is 11.9. The zero-order valence-corrected chi connectivity index (χ0v) is 11.9. The minimum Gasteiger partial charge on any atom is -0.463 e. The fourth-order valence-corrected chi connectivity index (χ4v) is 1.83. The summed E-state index contributed by atoms with van der Waals surface area (Å²) in [5.41, 5.74) is 1.48. The van der Waals surface area contributed by atoms with Gasteiger partial charge in [-0.25, -0.2) is 4.39 Å². The lowest BCUT2D eigenvalue weighted by Gasteiger charge is -2.20. The highest BCUT2D eigenvalue weighted by Crippen LogP contribution is 2.23. The summed E-state index contributed by atoms with van der Waals surface area (Å²) in [4.78, 5) is 11.4. The van der Waals surface area contributed by atoms with E-state index < -0.39 is 6.10 Å². The van der Waals surface area contributed by atoms with Crippen molar-refractivity contribution in [2.45, 2.75) is 32.8 Å². The number of aryl methyl sites for hydroxylation is 1. The lowest BCUT2D eigenvalue weighted by molar-refractivity contribution is -0.148. The number of carbonyl (C=O) groups excluding carboxylic acids is 1. The van der Waals surface area contributed by atoms with Crippen molar-refractivity contribution in [3.05, 3.63) is 35.1 Å². The summed E-state index contributed by atoms with van der Waals surface area (Å²) in [7, 11) is 0. The molecule has 0 aliphatic heterocycles. The van der Waals surface area contributed by atoms with Gasteiger partial charge in [-0.1, -0.05) is 13.0 Å². The average molecular weight is 284 g/mol. The van der Waals surface area contributed by atoms with E-state index in [0.29, 0.717) is 18.4 Å². The molecule has 5 heteroatoms. The Morgan fingerprint density at radius 1 is 1.45 bits per heavy atom. The Morgan fingerprint density at radius 2 is 2.20 bits per heavy atom. The molecule has 0 aromatic heterocycles. The Kier molecular flexibility index (Phi) is 7.18. The van der Waals surface area contributed by atoms with E-state index in [1.807, 2.05) is 13.8 Å². The quantitative estimate of drug-likeness (QED) is 0.745. The number of aliphatic hydroxyl groups is 1. The second-order valence-electron chi connectivity index (χ2n) is 4.52. The van der Waals surface area contributed by atoms with Crippen LogP contribution in [0.2, 0.25) is 0 Å². The minimum absolute atomic E-state index is 0.0170. The summed E-state index contributed by atoms with van der Waals surface area (Å²) < 4.78 is 23.9. The van der Waals surface area contributed by atoms with Crippen LogP contribution in [0, 0.1) is 12.7 Å². The summed E-state index contributed by atoms with van der Waals surface area (Å²) in [6.45, 7) is 3.69. The second-order valence-corrected chi connectivity index (χ2v) is 4.52. The number of carbonyl (C=O) groups is 1. The standard InChI is InChI=1S/C15H21FO4/c1-3-4-15(18)20-10-14(19-8-7-17)13-9-12(16)6-5-11(13)2/h5-6,9,14,17H,3-4,7-8,10H2,1-2H3/t14-/m0/s1.